The molecule has 0 saturated carbocycles. The third-order valence-corrected chi connectivity index (χ3v) is 3.62. The van der Waals surface area contributed by atoms with Crippen LogP contribution in [0.1, 0.15) is 10.5 Å². The summed E-state index contributed by atoms with van der Waals surface area (Å²) in [6.45, 7) is 0.109. The van der Waals surface area contributed by atoms with E-state index in [-0.39, 0.29) is 12.2 Å². The number of rotatable bonds is 3. The largest absolute Gasteiger partial charge is 0.340 e. The molecule has 1 amide bonds. The number of carbonyl (C=O) groups excluding carboxylic acids is 1. The molecule has 0 aliphatic heterocycles. The summed E-state index contributed by atoms with van der Waals surface area (Å²) < 4.78 is 1.41. The van der Waals surface area contributed by atoms with E-state index in [2.05, 4.69) is 26.5 Å². The average Bonchev–Trinajstić information content (AvgIpc) is 3.00. The highest BCUT2D eigenvalue weighted by atomic mass is 35.5. The van der Waals surface area contributed by atoms with Crippen molar-refractivity contribution < 1.29 is 4.79 Å². The molecule has 0 unspecified atom stereocenters. The first-order valence-corrected chi connectivity index (χ1v) is 7.24. The lowest BCUT2D eigenvalue weighted by molar-refractivity contribution is 0.0952. The summed E-state index contributed by atoms with van der Waals surface area (Å²) >= 11 is 12.2. The van der Waals surface area contributed by atoms with Gasteiger partial charge in [0.1, 0.15) is 12.0 Å². The van der Waals surface area contributed by atoms with E-state index in [1.807, 2.05) is 0 Å². The number of amides is 1. The van der Waals surface area contributed by atoms with Gasteiger partial charge in [0.15, 0.2) is 5.65 Å². The van der Waals surface area contributed by atoms with Gasteiger partial charge in [-0.05, 0) is 18.2 Å². The van der Waals surface area contributed by atoms with E-state index in [0.717, 1.165) is 0 Å². The Bertz CT molecular complexity index is 945. The fraction of sp³-hybridized carbons (Fsp3) is 0.0667. The minimum absolute atomic E-state index is 0.109. The smallest absolute Gasteiger partial charge is 0.272 e. The van der Waals surface area contributed by atoms with Gasteiger partial charge in [-0.25, -0.2) is 0 Å². The highest BCUT2D eigenvalue weighted by Crippen LogP contribution is 2.32. The number of hydrogen-bond donors (Lipinski definition) is 1. The van der Waals surface area contributed by atoms with Crippen LogP contribution < -0.4 is 5.32 Å². The summed E-state index contributed by atoms with van der Waals surface area (Å²) in [5.41, 5.74) is 1.93. The summed E-state index contributed by atoms with van der Waals surface area (Å²) in [5, 5.41) is 15.5. The first-order valence-electron chi connectivity index (χ1n) is 6.48. The lowest BCUT2D eigenvalue weighted by Gasteiger charge is -2.08. The molecule has 2 aromatic heterocycles. The molecule has 2 heterocycles. The predicted octanol–water partition coefficient (Wildman–Crippen LogP) is 2.46. The Kier molecular flexibility index (Phi) is 4.15. The average molecular weight is 346 g/mol. The zero-order valence-electron chi connectivity index (χ0n) is 11.6. The fourth-order valence-corrected chi connectivity index (χ4v) is 2.58. The van der Waals surface area contributed by atoms with E-state index >= 15 is 0 Å². The second-order valence-electron chi connectivity index (χ2n) is 4.55. The van der Waals surface area contributed by atoms with Crippen LogP contribution in [0.4, 0.5) is 0 Å². The van der Waals surface area contributed by atoms with Crippen LogP contribution in [0, 0.1) is 12.3 Å². The maximum absolute atomic E-state index is 12.1. The zero-order valence-corrected chi connectivity index (χ0v) is 13.1. The number of fused-ring (bicyclic) bond motifs is 1. The molecule has 1 aromatic carbocycles. The third-order valence-electron chi connectivity index (χ3n) is 3.07. The van der Waals surface area contributed by atoms with Crippen LogP contribution in [-0.2, 0) is 0 Å². The summed E-state index contributed by atoms with van der Waals surface area (Å²) in [6, 6.07) is 6.65. The molecule has 3 aromatic rings. The van der Waals surface area contributed by atoms with Crippen LogP contribution >= 0.6 is 23.2 Å². The van der Waals surface area contributed by atoms with Gasteiger partial charge in [0.25, 0.3) is 5.91 Å². The molecular formula is C15H9Cl2N5O. The molecular weight excluding hydrogens is 337 g/mol. The molecule has 0 spiro atoms. The molecule has 23 heavy (non-hydrogen) atoms. The second kappa shape index (κ2) is 6.24. The number of nitrogens with zero attached hydrogens (tertiary/aromatic N) is 4. The van der Waals surface area contributed by atoms with Gasteiger partial charge in [-0.15, -0.1) is 16.6 Å². The maximum atomic E-state index is 12.1. The standard InChI is InChI=1S/C15H9Cl2N5O/c1-2-5-18-15(23)13-7-11(14-20-19-8-22(14)21-13)10-4-3-9(16)6-12(10)17/h1,3-4,6-8H,5H2,(H,18,23). The molecule has 0 fully saturated rings. The molecule has 0 atom stereocenters. The molecule has 1 N–H and O–H groups in total. The molecule has 114 valence electrons. The Morgan fingerprint density at radius 2 is 2.13 bits per heavy atom. The number of hydrogen-bond acceptors (Lipinski definition) is 4. The molecule has 8 heteroatoms. The van der Waals surface area contributed by atoms with Gasteiger partial charge >= 0.3 is 0 Å². The molecule has 0 saturated heterocycles. The number of terminal acetylenes is 1. The first-order chi connectivity index (χ1) is 11.1. The number of benzene rings is 1. The predicted molar refractivity (Wildman–Crippen MR) is 87.4 cm³/mol. The normalized spacial score (nSPS) is 10.5. The summed E-state index contributed by atoms with van der Waals surface area (Å²) in [4.78, 5) is 12.1. The summed E-state index contributed by atoms with van der Waals surface area (Å²) in [5.74, 6) is 1.94. The fourth-order valence-electron chi connectivity index (χ4n) is 2.07. The Hall–Kier alpha value is -2.62. The Morgan fingerprint density at radius 1 is 1.30 bits per heavy atom. The van der Waals surface area contributed by atoms with Gasteiger partial charge < -0.3 is 5.32 Å². The van der Waals surface area contributed by atoms with Gasteiger partial charge in [-0.1, -0.05) is 35.2 Å². The van der Waals surface area contributed by atoms with E-state index in [4.69, 9.17) is 29.6 Å². The minimum Gasteiger partial charge on any atom is -0.340 e. The summed E-state index contributed by atoms with van der Waals surface area (Å²) in [6.07, 6.45) is 6.55. The van der Waals surface area contributed by atoms with Crippen LogP contribution in [0.25, 0.3) is 16.8 Å². The Labute approximate surface area is 141 Å². The van der Waals surface area contributed by atoms with E-state index in [1.54, 1.807) is 24.3 Å². The van der Waals surface area contributed by atoms with Crippen LogP contribution in [0.15, 0.2) is 30.6 Å². The van der Waals surface area contributed by atoms with Crippen molar-refractivity contribution in [1.82, 2.24) is 25.1 Å². The van der Waals surface area contributed by atoms with Crippen LogP contribution in [-0.4, -0.2) is 32.3 Å². The van der Waals surface area contributed by atoms with Crippen LogP contribution in [0.5, 0.6) is 0 Å². The Morgan fingerprint density at radius 3 is 2.87 bits per heavy atom. The minimum atomic E-state index is -0.398. The van der Waals surface area contributed by atoms with Gasteiger partial charge in [0.05, 0.1) is 11.6 Å². The van der Waals surface area contributed by atoms with Crippen molar-refractivity contribution in [3.05, 3.63) is 46.3 Å². The van der Waals surface area contributed by atoms with Crippen molar-refractivity contribution in [2.75, 3.05) is 6.54 Å². The highest BCUT2D eigenvalue weighted by Gasteiger charge is 2.16. The van der Waals surface area contributed by atoms with Crippen LogP contribution in [0.2, 0.25) is 10.0 Å². The zero-order chi connectivity index (χ0) is 16.4. The molecule has 0 radical (unpaired) electrons. The number of carbonyl (C=O) groups is 1. The number of halogens is 2. The van der Waals surface area contributed by atoms with Gasteiger partial charge in [0.2, 0.25) is 0 Å². The van der Waals surface area contributed by atoms with Crippen molar-refractivity contribution >= 4 is 34.8 Å². The van der Waals surface area contributed by atoms with Crippen LogP contribution in [0.3, 0.4) is 0 Å². The Balaban J connectivity index is 2.17. The van der Waals surface area contributed by atoms with E-state index in [0.29, 0.717) is 26.8 Å². The monoisotopic (exact) mass is 345 g/mol. The molecule has 0 aliphatic carbocycles. The maximum Gasteiger partial charge on any atom is 0.272 e. The third kappa shape index (κ3) is 2.97. The lowest BCUT2D eigenvalue weighted by Crippen LogP contribution is -2.25. The summed E-state index contributed by atoms with van der Waals surface area (Å²) in [7, 11) is 0. The lowest BCUT2D eigenvalue weighted by atomic mass is 10.1. The van der Waals surface area contributed by atoms with Gasteiger partial charge in [-0.2, -0.15) is 9.61 Å². The van der Waals surface area contributed by atoms with Crippen molar-refractivity contribution in [1.29, 1.82) is 0 Å². The SMILES string of the molecule is C#CCNC(=O)c1cc(-c2ccc(Cl)cc2Cl)c2nncn2n1. The molecule has 6 nitrogen and oxygen atoms in total. The van der Waals surface area contributed by atoms with Crippen molar-refractivity contribution in [2.45, 2.75) is 0 Å². The number of aromatic nitrogens is 4. The first kappa shape index (κ1) is 15.3. The van der Waals surface area contributed by atoms with Crippen molar-refractivity contribution in [2.24, 2.45) is 0 Å². The van der Waals surface area contributed by atoms with E-state index in [1.165, 1.54) is 10.8 Å². The van der Waals surface area contributed by atoms with E-state index in [9.17, 15) is 4.79 Å². The van der Waals surface area contributed by atoms with E-state index < -0.39 is 5.91 Å². The van der Waals surface area contributed by atoms with Crippen molar-refractivity contribution in [3.8, 4) is 23.5 Å². The number of nitrogens with one attached hydrogen (secondary N) is 1. The van der Waals surface area contributed by atoms with Gasteiger partial charge in [-0.3, -0.25) is 4.79 Å². The van der Waals surface area contributed by atoms with Gasteiger partial charge in [0, 0.05) is 16.1 Å². The second-order valence-corrected chi connectivity index (χ2v) is 5.40. The topological polar surface area (TPSA) is 72.2 Å². The highest BCUT2D eigenvalue weighted by molar-refractivity contribution is 6.36. The molecule has 0 aliphatic rings. The quantitative estimate of drug-likeness (QED) is 0.740. The molecule has 0 bridgehead atoms. The molecule has 3 rings (SSSR count). The van der Waals surface area contributed by atoms with Crippen molar-refractivity contribution in [3.63, 3.8) is 0 Å².